The van der Waals surface area contributed by atoms with E-state index in [2.05, 4.69) is 6.58 Å². The molecule has 0 aromatic carbocycles. The largest absolute Gasteiger partial charge is 0.365 e. The van der Waals surface area contributed by atoms with Crippen molar-refractivity contribution in [2.24, 2.45) is 5.73 Å². The summed E-state index contributed by atoms with van der Waals surface area (Å²) in [5.41, 5.74) is 4.27. The predicted molar refractivity (Wildman–Crippen MR) is 38.6 cm³/mol. The first-order chi connectivity index (χ1) is 5.00. The zero-order valence-electron chi connectivity index (χ0n) is 6.22. The van der Waals surface area contributed by atoms with E-state index in [0.717, 1.165) is 0 Å². The Morgan fingerprint density at radius 2 is 1.82 bits per heavy atom. The van der Waals surface area contributed by atoms with E-state index in [4.69, 9.17) is 5.73 Å². The minimum Gasteiger partial charge on any atom is -0.365 e. The third kappa shape index (κ3) is 2.33. The van der Waals surface area contributed by atoms with Crippen LogP contribution in [-0.2, 0) is 14.4 Å². The number of carbonyl (C=O) groups excluding carboxylic acids is 3. The average molecular weight is 155 g/mol. The zero-order chi connectivity index (χ0) is 9.02. The molecule has 0 fully saturated rings. The number of nitrogens with two attached hydrogens (primary N) is 1. The van der Waals surface area contributed by atoms with Crippen LogP contribution in [0.2, 0.25) is 0 Å². The van der Waals surface area contributed by atoms with E-state index in [1.807, 2.05) is 0 Å². The number of hydrogen-bond acceptors (Lipinski definition) is 3. The van der Waals surface area contributed by atoms with E-state index in [9.17, 15) is 14.4 Å². The zero-order valence-corrected chi connectivity index (χ0v) is 6.22. The van der Waals surface area contributed by atoms with Gasteiger partial charge in [0.05, 0.1) is 5.57 Å². The Labute approximate surface area is 64.1 Å². The van der Waals surface area contributed by atoms with Gasteiger partial charge in [-0.25, -0.2) is 0 Å². The fourth-order valence-electron chi connectivity index (χ4n) is 0.441. The first kappa shape index (κ1) is 9.55. The molecule has 0 saturated carbocycles. The number of rotatable bonds is 4. The second-order valence-electron chi connectivity index (χ2n) is 1.95. The Morgan fingerprint density at radius 1 is 1.36 bits per heavy atom. The lowest BCUT2D eigenvalue weighted by Gasteiger charge is -1.95. The highest BCUT2D eigenvalue weighted by Crippen LogP contribution is 1.94. The Kier molecular flexibility index (Phi) is 3.17. The maximum Gasteiger partial charge on any atom is 0.252 e. The monoisotopic (exact) mass is 155 g/mol. The Hall–Kier alpha value is -1.45. The van der Waals surface area contributed by atoms with Gasteiger partial charge in [0.25, 0.3) is 5.91 Å². The van der Waals surface area contributed by atoms with Crippen LogP contribution in [0.15, 0.2) is 12.2 Å². The molecule has 0 aromatic heterocycles. The summed E-state index contributed by atoms with van der Waals surface area (Å²) in [7, 11) is 0. The first-order valence-electron chi connectivity index (χ1n) is 3.07. The van der Waals surface area contributed by atoms with Crippen molar-refractivity contribution in [2.75, 3.05) is 0 Å². The lowest BCUT2D eigenvalue weighted by molar-refractivity contribution is -0.135. The molecule has 0 unspecified atom stereocenters. The molecule has 0 spiro atoms. The summed E-state index contributed by atoms with van der Waals surface area (Å²) in [5.74, 6) is -2.48. The molecule has 4 heteroatoms. The van der Waals surface area contributed by atoms with E-state index < -0.39 is 23.0 Å². The summed E-state index contributed by atoms with van der Waals surface area (Å²) in [4.78, 5) is 31.7. The third-order valence-electron chi connectivity index (χ3n) is 1.15. The van der Waals surface area contributed by atoms with E-state index in [0.29, 0.717) is 0 Å². The fourth-order valence-corrected chi connectivity index (χ4v) is 0.441. The fraction of sp³-hybridized carbons (Fsp3) is 0.286. The highest BCUT2D eigenvalue weighted by Gasteiger charge is 2.18. The van der Waals surface area contributed by atoms with Crippen LogP contribution in [0.4, 0.5) is 0 Å². The molecule has 11 heavy (non-hydrogen) atoms. The maximum atomic E-state index is 10.8. The van der Waals surface area contributed by atoms with Gasteiger partial charge in [0.15, 0.2) is 0 Å². The van der Waals surface area contributed by atoms with Gasteiger partial charge in [-0.15, -0.1) is 0 Å². The van der Waals surface area contributed by atoms with Gasteiger partial charge in [-0.3, -0.25) is 14.4 Å². The van der Waals surface area contributed by atoms with E-state index in [1.54, 1.807) is 0 Å². The van der Waals surface area contributed by atoms with Gasteiger partial charge < -0.3 is 5.73 Å². The molecule has 0 radical (unpaired) electrons. The molecular formula is C7H9NO3. The van der Waals surface area contributed by atoms with Crippen LogP contribution in [0, 0.1) is 0 Å². The molecule has 2 N–H and O–H groups in total. The van der Waals surface area contributed by atoms with E-state index >= 15 is 0 Å². The van der Waals surface area contributed by atoms with Crippen LogP contribution >= 0.6 is 0 Å². The second-order valence-corrected chi connectivity index (χ2v) is 1.95. The van der Waals surface area contributed by atoms with Crippen LogP contribution in [0.5, 0.6) is 0 Å². The molecule has 0 rings (SSSR count). The molecule has 1 amide bonds. The van der Waals surface area contributed by atoms with Crippen LogP contribution < -0.4 is 5.73 Å². The molecule has 0 saturated heterocycles. The molecule has 60 valence electrons. The van der Waals surface area contributed by atoms with Crippen LogP contribution in [-0.4, -0.2) is 17.5 Å². The summed E-state index contributed by atoms with van der Waals surface area (Å²) in [6.07, 6.45) is 0.0606. The molecule has 0 aliphatic carbocycles. The van der Waals surface area contributed by atoms with Crippen LogP contribution in [0.25, 0.3) is 0 Å². The Balaban J connectivity index is 4.39. The van der Waals surface area contributed by atoms with Gasteiger partial charge >= 0.3 is 0 Å². The lowest BCUT2D eigenvalue weighted by Crippen LogP contribution is -2.24. The minimum atomic E-state index is -0.947. The van der Waals surface area contributed by atoms with Gasteiger partial charge in [0, 0.05) is 6.42 Å². The third-order valence-corrected chi connectivity index (χ3v) is 1.15. The number of carbonyl (C=O) groups is 3. The highest BCUT2D eigenvalue weighted by atomic mass is 16.2. The van der Waals surface area contributed by atoms with Gasteiger partial charge in [-0.1, -0.05) is 13.5 Å². The summed E-state index contributed by atoms with van der Waals surface area (Å²) in [6, 6.07) is 0. The van der Waals surface area contributed by atoms with E-state index in [1.165, 1.54) is 6.92 Å². The molecule has 0 atom stereocenters. The van der Waals surface area contributed by atoms with Crippen molar-refractivity contribution >= 4 is 17.5 Å². The molecule has 0 aromatic rings. The van der Waals surface area contributed by atoms with Crippen molar-refractivity contribution in [1.82, 2.24) is 0 Å². The molecular weight excluding hydrogens is 146 g/mol. The molecule has 0 bridgehead atoms. The van der Waals surface area contributed by atoms with Gasteiger partial charge in [0.2, 0.25) is 11.6 Å². The first-order valence-corrected chi connectivity index (χ1v) is 3.07. The quantitative estimate of drug-likeness (QED) is 0.259. The second kappa shape index (κ2) is 3.65. The summed E-state index contributed by atoms with van der Waals surface area (Å²) in [5, 5.41) is 0. The normalized spacial score (nSPS) is 8.82. The van der Waals surface area contributed by atoms with Gasteiger partial charge in [0.1, 0.15) is 0 Å². The number of ketones is 2. The summed E-state index contributed by atoms with van der Waals surface area (Å²) >= 11 is 0. The summed E-state index contributed by atoms with van der Waals surface area (Å²) in [6.45, 7) is 4.60. The van der Waals surface area contributed by atoms with E-state index in [-0.39, 0.29) is 6.42 Å². The van der Waals surface area contributed by atoms with Crippen molar-refractivity contribution in [3.63, 3.8) is 0 Å². The Bertz CT molecular complexity index is 230. The smallest absolute Gasteiger partial charge is 0.252 e. The topological polar surface area (TPSA) is 77.2 Å². The number of primary amides is 1. The Morgan fingerprint density at radius 3 is 2.09 bits per heavy atom. The van der Waals surface area contributed by atoms with Crippen molar-refractivity contribution in [2.45, 2.75) is 13.3 Å². The number of Topliss-reactive ketones (excluding diaryl/α,β-unsaturated/α-hetero) is 2. The van der Waals surface area contributed by atoms with Crippen molar-refractivity contribution in [1.29, 1.82) is 0 Å². The number of hydrogen-bond donors (Lipinski definition) is 1. The molecule has 0 aliphatic rings. The van der Waals surface area contributed by atoms with Gasteiger partial charge in [-0.05, 0) is 0 Å². The molecule has 0 aliphatic heterocycles. The maximum absolute atomic E-state index is 10.8. The number of amides is 1. The van der Waals surface area contributed by atoms with Crippen LogP contribution in [0.3, 0.4) is 0 Å². The summed E-state index contributed by atoms with van der Waals surface area (Å²) < 4.78 is 0. The van der Waals surface area contributed by atoms with Crippen LogP contribution in [0.1, 0.15) is 13.3 Å². The van der Waals surface area contributed by atoms with Crippen molar-refractivity contribution in [3.05, 3.63) is 12.2 Å². The SMILES string of the molecule is C=C(C(N)=O)C(=O)C(=O)CC. The average Bonchev–Trinajstić information content (AvgIpc) is 2.00. The van der Waals surface area contributed by atoms with Crippen molar-refractivity contribution < 1.29 is 14.4 Å². The predicted octanol–water partition coefficient (Wildman–Crippen LogP) is -0.424. The highest BCUT2D eigenvalue weighted by molar-refractivity contribution is 6.49. The van der Waals surface area contributed by atoms with Gasteiger partial charge in [-0.2, -0.15) is 0 Å². The molecule has 4 nitrogen and oxygen atoms in total. The lowest BCUT2D eigenvalue weighted by atomic mass is 10.1. The minimum absolute atomic E-state index is 0.0606. The molecule has 0 heterocycles. The van der Waals surface area contributed by atoms with Crippen molar-refractivity contribution in [3.8, 4) is 0 Å². The standard InChI is InChI=1S/C7H9NO3/c1-3-5(9)6(10)4(2)7(8)11/h2-3H2,1H3,(H2,8,11).